The number of nitrogens with zero attached hydrogens (tertiary/aromatic N) is 2. The zero-order valence-corrected chi connectivity index (χ0v) is 44.7. The third-order valence-electron chi connectivity index (χ3n) is 12.6. The van der Waals surface area contributed by atoms with Gasteiger partial charge in [-0.05, 0) is 63.8 Å². The Hall–Kier alpha value is -7.22. The molecule has 2 aliphatic rings. The number of ketones is 2. The van der Waals surface area contributed by atoms with E-state index in [1.54, 1.807) is 60.7 Å². The van der Waals surface area contributed by atoms with Crippen LogP contribution in [0.4, 0.5) is 11.4 Å². The number of anilines is 2. The molecule has 0 spiro atoms. The van der Waals surface area contributed by atoms with Crippen LogP contribution in [0.1, 0.15) is 87.5 Å². The lowest BCUT2D eigenvalue weighted by Gasteiger charge is -2.33. The lowest BCUT2D eigenvalue weighted by molar-refractivity contribution is -0.226. The molecule has 2 aromatic carbocycles. The molecule has 2 saturated heterocycles. The van der Waals surface area contributed by atoms with Gasteiger partial charge in [0.05, 0.1) is 11.4 Å². The van der Waals surface area contributed by atoms with Crippen molar-refractivity contribution in [1.82, 2.24) is 10.1 Å². The summed E-state index contributed by atoms with van der Waals surface area (Å²) in [5, 5.41) is 1.75. The summed E-state index contributed by atoms with van der Waals surface area (Å²) in [4.78, 5) is 155. The minimum Gasteiger partial charge on any atom is -0.431 e. The van der Waals surface area contributed by atoms with E-state index in [2.05, 4.69) is 11.0 Å². The van der Waals surface area contributed by atoms with Crippen LogP contribution in [0.3, 0.4) is 0 Å². The van der Waals surface area contributed by atoms with Gasteiger partial charge < -0.3 is 54.5 Å². The second-order valence-electron chi connectivity index (χ2n) is 19.9. The minimum absolute atomic E-state index is 0.0502. The predicted molar refractivity (Wildman–Crippen MR) is 268 cm³/mol. The van der Waals surface area contributed by atoms with Gasteiger partial charge in [-0.15, -0.1) is 10.1 Å². The quantitative estimate of drug-likeness (QED) is 0.0186. The van der Waals surface area contributed by atoms with Crippen molar-refractivity contribution in [2.24, 2.45) is 46.2 Å². The molecule has 0 bridgehead atoms. The number of esters is 4. The maximum atomic E-state index is 13.8. The van der Waals surface area contributed by atoms with Gasteiger partial charge in [0, 0.05) is 52.3 Å². The van der Waals surface area contributed by atoms with Crippen LogP contribution < -0.4 is 45.4 Å². The molecule has 0 aliphatic carbocycles. The molecule has 4 rings (SSSR count). The summed E-state index contributed by atoms with van der Waals surface area (Å²) in [7, 11) is 0.950. The number of methoxy groups -OCH3 is 1. The first-order valence-corrected chi connectivity index (χ1v) is 24.4. The van der Waals surface area contributed by atoms with Gasteiger partial charge in [-0.25, -0.2) is 39.7 Å². The number of carbonyl (C=O) groups excluding carboxylic acids is 10. The normalized spacial score (nSPS) is 20.7. The van der Waals surface area contributed by atoms with E-state index in [9.17, 15) is 47.9 Å². The lowest BCUT2D eigenvalue weighted by atomic mass is 9.87. The van der Waals surface area contributed by atoms with Crippen LogP contribution in [0.25, 0.3) is 0 Å². The standard InChI is InChI=1S/C49H70N10O19/c1-27(2)48(54,42(68)75-56-29-18-12-10-13-19-29)71-36(62)31-22-16-24-58(31)77-40(66)46(7,52)73-38(64)44(5,50)34(60)26-33(70-9)35(61)45(6,51)39(65)74-47(8,53)41(67)78-59-25-17-23-32(59)37(63)72-49(55,28(3)4)43(69)76-57-30-20-14-11-15-21-30/h10-15,18-21,27-28,31-33,56-57H,16-17,22-26,50-55H2,1-9H3/t31-,32-,33?,44+,45+,46-,47-,48+,49+/m0/s1. The summed E-state index contributed by atoms with van der Waals surface area (Å²) >= 11 is 0. The van der Waals surface area contributed by atoms with Gasteiger partial charge in [0.15, 0.2) is 22.6 Å². The van der Waals surface area contributed by atoms with Crippen molar-refractivity contribution in [2.45, 2.75) is 140 Å². The van der Waals surface area contributed by atoms with Gasteiger partial charge in [0.1, 0.15) is 18.2 Å². The van der Waals surface area contributed by atoms with Crippen LogP contribution in [0.5, 0.6) is 0 Å². The molecule has 2 heterocycles. The second-order valence-corrected chi connectivity index (χ2v) is 19.9. The maximum Gasteiger partial charge on any atom is 0.391 e. The number of Topliss-reactive ketones (excluding diaryl/α,β-unsaturated/α-hetero) is 2. The predicted octanol–water partition coefficient (Wildman–Crippen LogP) is -0.905. The van der Waals surface area contributed by atoms with E-state index in [0.717, 1.165) is 44.9 Å². The molecule has 1 unspecified atom stereocenters. The smallest absolute Gasteiger partial charge is 0.391 e. The van der Waals surface area contributed by atoms with Crippen LogP contribution in [-0.2, 0) is 91.0 Å². The Kier molecular flexibility index (Phi) is 20.7. The van der Waals surface area contributed by atoms with E-state index in [4.69, 9.17) is 77.4 Å². The van der Waals surface area contributed by atoms with Gasteiger partial charge in [-0.3, -0.25) is 42.1 Å². The first-order valence-electron chi connectivity index (χ1n) is 24.4. The van der Waals surface area contributed by atoms with Gasteiger partial charge in [0.25, 0.3) is 22.9 Å². The fourth-order valence-electron chi connectivity index (χ4n) is 7.10. The summed E-state index contributed by atoms with van der Waals surface area (Å²) < 4.78 is 26.4. The van der Waals surface area contributed by atoms with Crippen molar-refractivity contribution in [3.05, 3.63) is 60.7 Å². The summed E-state index contributed by atoms with van der Waals surface area (Å²) in [6.07, 6.45) is -2.34. The number of para-hydroxylation sites is 2. The number of hydrogen-bond donors (Lipinski definition) is 8. The topological polar surface area (TPSA) is 440 Å². The molecular weight excluding hydrogens is 1030 g/mol. The number of benzene rings is 2. The van der Waals surface area contributed by atoms with Crippen molar-refractivity contribution >= 4 is 70.7 Å². The number of hydrogen-bond acceptors (Lipinski definition) is 29. The Morgan fingerprint density at radius 3 is 1.24 bits per heavy atom. The zero-order valence-electron chi connectivity index (χ0n) is 44.7. The second kappa shape index (κ2) is 25.5. The highest BCUT2D eigenvalue weighted by Crippen LogP contribution is 2.29. The number of ether oxygens (including phenoxy) is 5. The highest BCUT2D eigenvalue weighted by atomic mass is 16.7. The molecule has 29 nitrogen and oxygen atoms in total. The first-order chi connectivity index (χ1) is 36.1. The van der Waals surface area contributed by atoms with E-state index in [0.29, 0.717) is 11.4 Å². The monoisotopic (exact) mass is 1100 g/mol. The van der Waals surface area contributed by atoms with Crippen molar-refractivity contribution in [3.63, 3.8) is 0 Å². The van der Waals surface area contributed by atoms with Crippen LogP contribution >= 0.6 is 0 Å². The van der Waals surface area contributed by atoms with E-state index in [1.165, 1.54) is 27.7 Å². The van der Waals surface area contributed by atoms with Crippen LogP contribution in [0.2, 0.25) is 0 Å². The van der Waals surface area contributed by atoms with E-state index >= 15 is 0 Å². The number of carbonyl (C=O) groups is 10. The Morgan fingerprint density at radius 2 is 0.897 bits per heavy atom. The van der Waals surface area contributed by atoms with Crippen LogP contribution in [0.15, 0.2) is 60.7 Å². The van der Waals surface area contributed by atoms with Crippen LogP contribution in [0, 0.1) is 11.8 Å². The molecular formula is C49H70N10O19. The average Bonchev–Trinajstić information content (AvgIpc) is 4.07. The Balaban J connectivity index is 1.33. The minimum atomic E-state index is -2.73. The molecule has 0 radical (unpaired) electrons. The van der Waals surface area contributed by atoms with Gasteiger partial charge in [-0.1, -0.05) is 64.1 Å². The van der Waals surface area contributed by atoms with E-state index in [1.807, 2.05) is 0 Å². The first kappa shape index (κ1) is 63.3. The van der Waals surface area contributed by atoms with Crippen molar-refractivity contribution in [1.29, 1.82) is 0 Å². The Bertz CT molecular complexity index is 2550. The fourth-order valence-corrected chi connectivity index (χ4v) is 7.10. The van der Waals surface area contributed by atoms with E-state index in [-0.39, 0.29) is 38.8 Å². The maximum absolute atomic E-state index is 13.8. The van der Waals surface area contributed by atoms with E-state index < -0.39 is 130 Å². The largest absolute Gasteiger partial charge is 0.431 e. The molecule has 2 aromatic rings. The number of hydroxylamine groups is 4. The van der Waals surface area contributed by atoms with Crippen LogP contribution in [-0.4, -0.2) is 142 Å². The Labute approximate surface area is 448 Å². The van der Waals surface area contributed by atoms with Gasteiger partial charge in [-0.2, -0.15) is 0 Å². The highest BCUT2D eigenvalue weighted by Gasteiger charge is 2.53. The Morgan fingerprint density at radius 1 is 0.538 bits per heavy atom. The summed E-state index contributed by atoms with van der Waals surface area (Å²) in [6.45, 7) is 9.35. The van der Waals surface area contributed by atoms with Crippen molar-refractivity contribution in [3.8, 4) is 0 Å². The molecule has 9 atom stereocenters. The average molecular weight is 1100 g/mol. The summed E-state index contributed by atoms with van der Waals surface area (Å²) in [5.74, 6) is -14.8. The molecule has 0 aromatic heterocycles. The third-order valence-corrected chi connectivity index (χ3v) is 12.6. The van der Waals surface area contributed by atoms with Gasteiger partial charge in [0.2, 0.25) is 0 Å². The number of rotatable bonds is 26. The third kappa shape index (κ3) is 15.1. The van der Waals surface area contributed by atoms with Crippen molar-refractivity contribution in [2.75, 3.05) is 31.2 Å². The molecule has 78 heavy (non-hydrogen) atoms. The molecule has 0 saturated carbocycles. The number of nitrogens with two attached hydrogens (primary N) is 6. The summed E-state index contributed by atoms with van der Waals surface area (Å²) in [6, 6.07) is 13.9. The lowest BCUT2D eigenvalue weighted by Crippen LogP contribution is -2.63. The molecule has 2 aliphatic heterocycles. The SMILES string of the molecule is COC(CC(=O)[C@@](C)(N)C(=O)O[C@](C)(N)C(=O)ON1CCC[C@H]1C(=O)O[C@@](N)(C(=O)ONc1ccccc1)C(C)C)C(=O)[C@@](C)(N)C(=O)O[C@](C)(N)C(=O)ON1CCC[C@H]1C(=O)O[C@@](N)(C(=O)ONc1ccccc1)C(C)C. The van der Waals surface area contributed by atoms with Crippen molar-refractivity contribution < 1.29 is 91.0 Å². The number of nitrogens with one attached hydrogen (secondary N) is 2. The molecule has 0 amide bonds. The molecule has 2 fully saturated rings. The van der Waals surface area contributed by atoms with Gasteiger partial charge >= 0.3 is 47.8 Å². The zero-order chi connectivity index (χ0) is 58.8. The fraction of sp³-hybridized carbons (Fsp3) is 0.551. The molecule has 29 heteroatoms. The highest BCUT2D eigenvalue weighted by molar-refractivity contribution is 6.14. The molecule has 14 N–H and O–H groups in total. The molecule has 430 valence electrons. The summed E-state index contributed by atoms with van der Waals surface area (Å²) in [5.41, 5.74) is 27.0.